The maximum Gasteiger partial charge on any atom is 0.339 e. The van der Waals surface area contributed by atoms with E-state index in [0.29, 0.717) is 22.9 Å². The Hall–Kier alpha value is -1.26. The molecule has 1 aliphatic heterocycles. The van der Waals surface area contributed by atoms with Crippen LogP contribution >= 0.6 is 11.6 Å². The predicted molar refractivity (Wildman–Crippen MR) is 57.6 cm³/mol. The van der Waals surface area contributed by atoms with Crippen molar-refractivity contribution >= 4 is 17.6 Å². The molecule has 1 atom stereocenters. The van der Waals surface area contributed by atoms with Crippen LogP contribution in [-0.2, 0) is 16.0 Å². The third-order valence-corrected chi connectivity index (χ3v) is 2.71. The molecular formula is C11H11ClO4. The highest BCUT2D eigenvalue weighted by Crippen LogP contribution is 2.36. The highest BCUT2D eigenvalue weighted by atomic mass is 35.5. The SMILES string of the molecule is COC(=O)C(O)c1cc(Cl)cc2c1OCC2. The van der Waals surface area contributed by atoms with E-state index >= 15 is 0 Å². The molecule has 1 N–H and O–H groups in total. The molecule has 0 spiro atoms. The monoisotopic (exact) mass is 242 g/mol. The van der Waals surface area contributed by atoms with Crippen LogP contribution in [-0.4, -0.2) is 24.8 Å². The first-order chi connectivity index (χ1) is 7.63. The largest absolute Gasteiger partial charge is 0.493 e. The van der Waals surface area contributed by atoms with Crippen molar-refractivity contribution in [3.8, 4) is 5.75 Å². The van der Waals surface area contributed by atoms with Crippen LogP contribution in [0.4, 0.5) is 0 Å². The summed E-state index contributed by atoms with van der Waals surface area (Å²) in [7, 11) is 1.22. The van der Waals surface area contributed by atoms with Gasteiger partial charge in [-0.05, 0) is 17.7 Å². The second kappa shape index (κ2) is 4.31. The predicted octanol–water partition coefficient (Wildman–Crippen LogP) is 1.48. The lowest BCUT2D eigenvalue weighted by Crippen LogP contribution is -2.14. The lowest BCUT2D eigenvalue weighted by Gasteiger charge is -2.13. The molecule has 0 saturated carbocycles. The molecule has 4 nitrogen and oxygen atoms in total. The van der Waals surface area contributed by atoms with Gasteiger partial charge in [-0.25, -0.2) is 4.79 Å². The van der Waals surface area contributed by atoms with Gasteiger partial charge in [0.25, 0.3) is 0 Å². The molecule has 1 aromatic carbocycles. The van der Waals surface area contributed by atoms with Gasteiger partial charge in [-0.2, -0.15) is 0 Å². The van der Waals surface area contributed by atoms with Crippen molar-refractivity contribution in [2.45, 2.75) is 12.5 Å². The van der Waals surface area contributed by atoms with Crippen LogP contribution in [0.2, 0.25) is 5.02 Å². The molecule has 16 heavy (non-hydrogen) atoms. The van der Waals surface area contributed by atoms with Crippen molar-refractivity contribution in [2.75, 3.05) is 13.7 Å². The van der Waals surface area contributed by atoms with E-state index < -0.39 is 12.1 Å². The number of benzene rings is 1. The van der Waals surface area contributed by atoms with Crippen molar-refractivity contribution in [3.05, 3.63) is 28.3 Å². The lowest BCUT2D eigenvalue weighted by molar-refractivity contribution is -0.150. The summed E-state index contributed by atoms with van der Waals surface area (Å²) in [6.45, 7) is 0.538. The van der Waals surface area contributed by atoms with Crippen LogP contribution in [0, 0.1) is 0 Å². The summed E-state index contributed by atoms with van der Waals surface area (Å²) in [6, 6.07) is 3.30. The third kappa shape index (κ3) is 1.86. The Morgan fingerprint density at radius 2 is 2.38 bits per heavy atom. The van der Waals surface area contributed by atoms with E-state index in [1.807, 2.05) is 0 Å². The van der Waals surface area contributed by atoms with E-state index in [1.165, 1.54) is 13.2 Å². The summed E-state index contributed by atoms with van der Waals surface area (Å²) in [5, 5.41) is 10.2. The molecule has 0 saturated heterocycles. The average molecular weight is 243 g/mol. The molecule has 86 valence electrons. The first-order valence-corrected chi connectivity index (χ1v) is 5.22. The smallest absolute Gasteiger partial charge is 0.339 e. The van der Waals surface area contributed by atoms with Crippen LogP contribution in [0.25, 0.3) is 0 Å². The van der Waals surface area contributed by atoms with Crippen molar-refractivity contribution in [2.24, 2.45) is 0 Å². The second-order valence-corrected chi connectivity index (χ2v) is 3.94. The number of esters is 1. The number of aliphatic hydroxyl groups is 1. The molecule has 1 heterocycles. The zero-order chi connectivity index (χ0) is 11.7. The topological polar surface area (TPSA) is 55.8 Å². The fraction of sp³-hybridized carbons (Fsp3) is 0.364. The Kier molecular flexibility index (Phi) is 3.03. The summed E-state index contributed by atoms with van der Waals surface area (Å²) in [5.41, 5.74) is 1.28. The lowest BCUT2D eigenvalue weighted by atomic mass is 10.0. The Labute approximate surface area is 97.7 Å². The number of fused-ring (bicyclic) bond motifs is 1. The number of hydrogen-bond acceptors (Lipinski definition) is 4. The molecule has 0 aliphatic carbocycles. The number of methoxy groups -OCH3 is 1. The number of carbonyl (C=O) groups is 1. The maximum absolute atomic E-state index is 11.3. The minimum absolute atomic E-state index is 0.367. The summed E-state index contributed by atoms with van der Waals surface area (Å²) >= 11 is 5.90. The standard InChI is InChI=1S/C11H11ClO4/c1-15-11(14)9(13)8-5-7(12)4-6-2-3-16-10(6)8/h4-5,9,13H,2-3H2,1H3. The number of rotatable bonds is 2. The molecule has 0 radical (unpaired) electrons. The van der Waals surface area contributed by atoms with E-state index in [0.717, 1.165) is 12.0 Å². The molecule has 0 aromatic heterocycles. The number of ether oxygens (including phenoxy) is 2. The fourth-order valence-electron chi connectivity index (χ4n) is 1.74. The first kappa shape index (κ1) is 11.2. The highest BCUT2D eigenvalue weighted by Gasteiger charge is 2.26. The van der Waals surface area contributed by atoms with E-state index in [2.05, 4.69) is 4.74 Å². The molecule has 0 fully saturated rings. The van der Waals surface area contributed by atoms with E-state index in [9.17, 15) is 9.90 Å². The molecule has 1 unspecified atom stereocenters. The number of aliphatic hydroxyl groups excluding tert-OH is 1. The van der Waals surface area contributed by atoms with Gasteiger partial charge in [-0.1, -0.05) is 11.6 Å². The number of hydrogen-bond donors (Lipinski definition) is 1. The third-order valence-electron chi connectivity index (χ3n) is 2.50. The summed E-state index contributed by atoms with van der Waals surface area (Å²) < 4.78 is 9.85. The maximum atomic E-state index is 11.3. The number of carbonyl (C=O) groups excluding carboxylic acids is 1. The molecule has 5 heteroatoms. The van der Waals surface area contributed by atoms with E-state index in [1.54, 1.807) is 6.07 Å². The summed E-state index contributed by atoms with van der Waals surface area (Å²) in [4.78, 5) is 11.3. The minimum atomic E-state index is -1.35. The van der Waals surface area contributed by atoms with Gasteiger partial charge in [0, 0.05) is 17.0 Å². The molecule has 0 bridgehead atoms. The van der Waals surface area contributed by atoms with Gasteiger partial charge in [0.05, 0.1) is 13.7 Å². The van der Waals surface area contributed by atoms with Crippen molar-refractivity contribution < 1.29 is 19.4 Å². The Bertz CT molecular complexity index is 430. The first-order valence-electron chi connectivity index (χ1n) is 4.84. The van der Waals surface area contributed by atoms with Crippen LogP contribution in [0.15, 0.2) is 12.1 Å². The molecule has 2 rings (SSSR count). The number of halogens is 1. The summed E-state index contributed by atoms with van der Waals surface area (Å²) in [6.07, 6.45) is -0.618. The zero-order valence-electron chi connectivity index (χ0n) is 8.70. The van der Waals surface area contributed by atoms with Gasteiger partial charge >= 0.3 is 5.97 Å². The normalized spacial score (nSPS) is 15.2. The van der Waals surface area contributed by atoms with Crippen molar-refractivity contribution in [3.63, 3.8) is 0 Å². The van der Waals surface area contributed by atoms with Crippen LogP contribution in [0.5, 0.6) is 5.75 Å². The van der Waals surface area contributed by atoms with Crippen LogP contribution in [0.1, 0.15) is 17.2 Å². The van der Waals surface area contributed by atoms with Gasteiger partial charge in [-0.3, -0.25) is 0 Å². The van der Waals surface area contributed by atoms with Crippen LogP contribution < -0.4 is 4.74 Å². The zero-order valence-corrected chi connectivity index (χ0v) is 9.45. The van der Waals surface area contributed by atoms with Crippen molar-refractivity contribution in [1.82, 2.24) is 0 Å². The van der Waals surface area contributed by atoms with Gasteiger partial charge < -0.3 is 14.6 Å². The van der Waals surface area contributed by atoms with Gasteiger partial charge in [-0.15, -0.1) is 0 Å². The Morgan fingerprint density at radius 3 is 3.06 bits per heavy atom. The minimum Gasteiger partial charge on any atom is -0.493 e. The molecule has 0 amide bonds. The van der Waals surface area contributed by atoms with Crippen molar-refractivity contribution in [1.29, 1.82) is 0 Å². The fourth-order valence-corrected chi connectivity index (χ4v) is 1.99. The van der Waals surface area contributed by atoms with E-state index in [-0.39, 0.29) is 0 Å². The summed E-state index contributed by atoms with van der Waals surface area (Å²) in [5.74, 6) is -0.178. The van der Waals surface area contributed by atoms with E-state index in [4.69, 9.17) is 16.3 Å². The van der Waals surface area contributed by atoms with Gasteiger partial charge in [0.15, 0.2) is 6.10 Å². The highest BCUT2D eigenvalue weighted by molar-refractivity contribution is 6.30. The average Bonchev–Trinajstić information content (AvgIpc) is 2.73. The Morgan fingerprint density at radius 1 is 1.62 bits per heavy atom. The molecule has 1 aromatic rings. The van der Waals surface area contributed by atoms with Crippen LogP contribution in [0.3, 0.4) is 0 Å². The molecular weight excluding hydrogens is 232 g/mol. The van der Waals surface area contributed by atoms with Gasteiger partial charge in [0.1, 0.15) is 5.75 Å². The van der Waals surface area contributed by atoms with Gasteiger partial charge in [0.2, 0.25) is 0 Å². The quantitative estimate of drug-likeness (QED) is 0.799. The second-order valence-electron chi connectivity index (χ2n) is 3.51. The Balaban J connectivity index is 2.44. The molecule has 1 aliphatic rings.